The van der Waals surface area contributed by atoms with E-state index < -0.39 is 5.97 Å². The van der Waals surface area contributed by atoms with Gasteiger partial charge in [0.2, 0.25) is 5.88 Å². The highest BCUT2D eigenvalue weighted by Gasteiger charge is 2.25. The third kappa shape index (κ3) is 5.61. The van der Waals surface area contributed by atoms with E-state index in [-0.39, 0.29) is 5.91 Å². The maximum atomic E-state index is 12.7. The molecule has 1 N–H and O–H groups in total. The Morgan fingerprint density at radius 2 is 1.59 bits per heavy atom. The lowest BCUT2D eigenvalue weighted by Gasteiger charge is -2.12. The van der Waals surface area contributed by atoms with Crippen LogP contribution in [0.25, 0.3) is 28.1 Å². The number of nitrogens with zero attached hydrogens (tertiary/aromatic N) is 2. The molecule has 0 fully saturated rings. The Morgan fingerprint density at radius 1 is 0.846 bits per heavy atom. The van der Waals surface area contributed by atoms with Crippen LogP contribution in [0.4, 0.5) is 5.69 Å². The zero-order valence-electron chi connectivity index (χ0n) is 21.7. The van der Waals surface area contributed by atoms with Gasteiger partial charge in [-0.25, -0.2) is 0 Å². The summed E-state index contributed by atoms with van der Waals surface area (Å²) in [4.78, 5) is 25.0. The first-order valence-corrected chi connectivity index (χ1v) is 12.8. The highest BCUT2D eigenvalue weighted by atomic mass is 35.5. The summed E-state index contributed by atoms with van der Waals surface area (Å²) in [5, 5.41) is 8.35. The standard InChI is InChI=1S/C32H26ClN3O3/c1-20-8-6-10-24(18-20)30-29(32(39-22(3)37)36(35-30)28-13-5-4-9-21(28)2)23-14-16-27(17-15-23)34-31(38)25-11-7-12-26(33)19-25/h4-19H,1-3H3,(H,34,38). The number of halogens is 1. The quantitative estimate of drug-likeness (QED) is 0.227. The van der Waals surface area contributed by atoms with Crippen LogP contribution in [-0.4, -0.2) is 21.7 Å². The Kier molecular flexibility index (Phi) is 7.30. The van der Waals surface area contributed by atoms with Crippen LogP contribution in [0.5, 0.6) is 5.88 Å². The molecule has 1 heterocycles. The number of carbonyl (C=O) groups is 2. The van der Waals surface area contributed by atoms with E-state index in [0.717, 1.165) is 27.9 Å². The Bertz CT molecular complexity index is 1690. The number of anilines is 1. The van der Waals surface area contributed by atoms with Gasteiger partial charge in [0.25, 0.3) is 5.91 Å². The number of amides is 1. The SMILES string of the molecule is CC(=O)Oc1c(-c2ccc(NC(=O)c3cccc(Cl)c3)cc2)c(-c2cccc(C)c2)nn1-c1ccccc1C. The van der Waals surface area contributed by atoms with Crippen LogP contribution in [-0.2, 0) is 4.79 Å². The average Bonchev–Trinajstić information content (AvgIpc) is 3.27. The molecule has 0 unspecified atom stereocenters. The number of carbonyl (C=O) groups excluding carboxylic acids is 2. The third-order valence-electron chi connectivity index (χ3n) is 6.24. The van der Waals surface area contributed by atoms with Gasteiger partial charge in [0.1, 0.15) is 5.69 Å². The first kappa shape index (κ1) is 25.9. The molecular formula is C32H26ClN3O3. The van der Waals surface area contributed by atoms with Gasteiger partial charge >= 0.3 is 5.97 Å². The number of rotatable bonds is 6. The maximum Gasteiger partial charge on any atom is 0.309 e. The zero-order valence-corrected chi connectivity index (χ0v) is 22.5. The Balaban J connectivity index is 1.62. The number of ether oxygens (including phenoxy) is 1. The molecule has 0 saturated heterocycles. The molecule has 0 spiro atoms. The lowest BCUT2D eigenvalue weighted by Crippen LogP contribution is -2.11. The molecule has 0 aliphatic carbocycles. The highest BCUT2D eigenvalue weighted by Crippen LogP contribution is 2.41. The number of para-hydroxylation sites is 1. The minimum atomic E-state index is -0.452. The predicted octanol–water partition coefficient (Wildman–Crippen LogP) is 7.65. The van der Waals surface area contributed by atoms with Crippen LogP contribution in [0.1, 0.15) is 28.4 Å². The van der Waals surface area contributed by atoms with Crippen LogP contribution in [0.15, 0.2) is 97.1 Å². The smallest absolute Gasteiger partial charge is 0.309 e. The van der Waals surface area contributed by atoms with Gasteiger partial charge in [-0.3, -0.25) is 9.59 Å². The minimum absolute atomic E-state index is 0.265. The van der Waals surface area contributed by atoms with Crippen molar-refractivity contribution in [1.82, 2.24) is 9.78 Å². The normalized spacial score (nSPS) is 10.8. The third-order valence-corrected chi connectivity index (χ3v) is 6.47. The average molecular weight is 536 g/mol. The summed E-state index contributed by atoms with van der Waals surface area (Å²) in [6.07, 6.45) is 0. The number of nitrogens with one attached hydrogen (secondary N) is 1. The van der Waals surface area contributed by atoms with Gasteiger partial charge in [-0.15, -0.1) is 0 Å². The van der Waals surface area contributed by atoms with E-state index >= 15 is 0 Å². The number of esters is 1. The molecule has 1 amide bonds. The van der Waals surface area contributed by atoms with E-state index in [1.54, 1.807) is 41.1 Å². The predicted molar refractivity (Wildman–Crippen MR) is 155 cm³/mol. The van der Waals surface area contributed by atoms with Crippen molar-refractivity contribution >= 4 is 29.2 Å². The van der Waals surface area contributed by atoms with Gasteiger partial charge < -0.3 is 10.1 Å². The molecule has 0 aliphatic rings. The van der Waals surface area contributed by atoms with E-state index in [4.69, 9.17) is 21.4 Å². The molecule has 5 aromatic rings. The summed E-state index contributed by atoms with van der Waals surface area (Å²) in [5.74, 6) is -0.394. The fraction of sp³-hybridized carbons (Fsp3) is 0.0938. The topological polar surface area (TPSA) is 73.2 Å². The molecule has 0 saturated carbocycles. The summed E-state index contributed by atoms with van der Waals surface area (Å²) >= 11 is 6.04. The number of benzene rings is 4. The molecule has 39 heavy (non-hydrogen) atoms. The molecule has 6 nitrogen and oxygen atoms in total. The molecule has 1 aromatic heterocycles. The van der Waals surface area contributed by atoms with E-state index in [0.29, 0.717) is 33.4 Å². The first-order chi connectivity index (χ1) is 18.8. The summed E-state index contributed by atoms with van der Waals surface area (Å²) < 4.78 is 7.50. The Hall–Kier alpha value is -4.68. The van der Waals surface area contributed by atoms with E-state index in [2.05, 4.69) is 5.32 Å². The largest absolute Gasteiger partial charge is 0.407 e. The summed E-state index contributed by atoms with van der Waals surface area (Å²) in [6, 6.07) is 29.9. The van der Waals surface area contributed by atoms with E-state index in [1.165, 1.54) is 6.92 Å². The van der Waals surface area contributed by atoms with Crippen LogP contribution >= 0.6 is 11.6 Å². The summed E-state index contributed by atoms with van der Waals surface area (Å²) in [6.45, 7) is 5.38. The van der Waals surface area contributed by atoms with Gasteiger partial charge in [-0.2, -0.15) is 9.78 Å². The molecule has 5 rings (SSSR count). The molecule has 0 atom stereocenters. The fourth-order valence-electron chi connectivity index (χ4n) is 4.41. The van der Waals surface area contributed by atoms with Crippen LogP contribution < -0.4 is 10.1 Å². The van der Waals surface area contributed by atoms with Crippen molar-refractivity contribution in [3.05, 3.63) is 119 Å². The van der Waals surface area contributed by atoms with Crippen molar-refractivity contribution in [1.29, 1.82) is 0 Å². The molecule has 194 valence electrons. The van der Waals surface area contributed by atoms with Crippen molar-refractivity contribution in [2.24, 2.45) is 0 Å². The van der Waals surface area contributed by atoms with Gasteiger partial charge in [-0.05, 0) is 67.4 Å². The van der Waals surface area contributed by atoms with Crippen molar-refractivity contribution in [3.63, 3.8) is 0 Å². The van der Waals surface area contributed by atoms with Crippen LogP contribution in [0.2, 0.25) is 5.02 Å². The van der Waals surface area contributed by atoms with Gasteiger partial charge in [0, 0.05) is 28.8 Å². The molecular weight excluding hydrogens is 510 g/mol. The second-order valence-corrected chi connectivity index (χ2v) is 9.67. The van der Waals surface area contributed by atoms with E-state index in [1.807, 2.05) is 74.5 Å². The van der Waals surface area contributed by atoms with Crippen molar-refractivity contribution in [3.8, 4) is 34.0 Å². The first-order valence-electron chi connectivity index (χ1n) is 12.4. The summed E-state index contributed by atoms with van der Waals surface area (Å²) in [5.41, 5.74) is 6.96. The van der Waals surface area contributed by atoms with Gasteiger partial charge in [-0.1, -0.05) is 71.8 Å². The van der Waals surface area contributed by atoms with Crippen LogP contribution in [0, 0.1) is 13.8 Å². The number of aryl methyl sites for hydroxylation is 2. The van der Waals surface area contributed by atoms with Crippen molar-refractivity contribution < 1.29 is 14.3 Å². The number of aromatic nitrogens is 2. The zero-order chi connectivity index (χ0) is 27.5. The van der Waals surface area contributed by atoms with E-state index in [9.17, 15) is 9.59 Å². The monoisotopic (exact) mass is 535 g/mol. The molecule has 0 radical (unpaired) electrons. The second-order valence-electron chi connectivity index (χ2n) is 9.23. The van der Waals surface area contributed by atoms with Crippen molar-refractivity contribution in [2.45, 2.75) is 20.8 Å². The number of hydrogen-bond donors (Lipinski definition) is 1. The van der Waals surface area contributed by atoms with Crippen LogP contribution in [0.3, 0.4) is 0 Å². The highest BCUT2D eigenvalue weighted by molar-refractivity contribution is 6.31. The summed E-state index contributed by atoms with van der Waals surface area (Å²) in [7, 11) is 0. The molecule has 0 aliphatic heterocycles. The van der Waals surface area contributed by atoms with Gasteiger partial charge in [0.15, 0.2) is 0 Å². The van der Waals surface area contributed by atoms with Gasteiger partial charge in [0.05, 0.1) is 11.3 Å². The maximum absolute atomic E-state index is 12.7. The van der Waals surface area contributed by atoms with Crippen molar-refractivity contribution in [2.75, 3.05) is 5.32 Å². The molecule has 7 heteroatoms. The Morgan fingerprint density at radius 3 is 2.28 bits per heavy atom. The second kappa shape index (κ2) is 11.0. The fourth-order valence-corrected chi connectivity index (χ4v) is 4.60. The lowest BCUT2D eigenvalue weighted by atomic mass is 10.00. The lowest BCUT2D eigenvalue weighted by molar-refractivity contribution is -0.132. The Labute approximate surface area is 231 Å². The number of hydrogen-bond acceptors (Lipinski definition) is 4. The molecule has 0 bridgehead atoms. The minimum Gasteiger partial charge on any atom is -0.407 e. The molecule has 4 aromatic carbocycles.